The summed E-state index contributed by atoms with van der Waals surface area (Å²) in [5.74, 6) is 1.06. The fraction of sp³-hybridized carbons (Fsp3) is 0.667. The molecule has 0 atom stereocenters. The molecule has 0 N–H and O–H groups in total. The molecule has 1 aromatic rings. The Bertz CT molecular complexity index is 440. The van der Waals surface area contributed by atoms with Crippen LogP contribution in [-0.2, 0) is 11.2 Å². The third kappa shape index (κ3) is 3.31. The van der Waals surface area contributed by atoms with Crippen LogP contribution < -0.4 is 0 Å². The molecule has 1 aromatic heterocycles. The fourth-order valence-corrected chi connectivity index (χ4v) is 2.64. The molecular weight excluding hydrogens is 240 g/mol. The summed E-state index contributed by atoms with van der Waals surface area (Å²) in [5.41, 5.74) is 1.33. The average Bonchev–Trinajstić information content (AvgIpc) is 2.47. The molecule has 2 rings (SSSR count). The molecule has 1 aliphatic rings. The third-order valence-corrected chi connectivity index (χ3v) is 3.69. The maximum absolute atomic E-state index is 11.8. The maximum Gasteiger partial charge on any atom is 0.341 e. The lowest BCUT2D eigenvalue weighted by Gasteiger charge is -2.20. The highest BCUT2D eigenvalue weighted by Gasteiger charge is 2.21. The third-order valence-electron chi connectivity index (χ3n) is 3.69. The predicted molar refractivity (Wildman–Crippen MR) is 73.2 cm³/mol. The van der Waals surface area contributed by atoms with Crippen molar-refractivity contribution in [1.82, 2.24) is 9.97 Å². The van der Waals surface area contributed by atoms with E-state index in [1.807, 2.05) is 6.92 Å². The highest BCUT2D eigenvalue weighted by atomic mass is 16.5. The summed E-state index contributed by atoms with van der Waals surface area (Å²) in [6.07, 6.45) is 8.55. The highest BCUT2D eigenvalue weighted by Crippen LogP contribution is 2.30. The number of rotatable bonds is 4. The second-order valence-electron chi connectivity index (χ2n) is 5.00. The number of hydrogen-bond donors (Lipinski definition) is 0. The second kappa shape index (κ2) is 6.64. The van der Waals surface area contributed by atoms with Crippen molar-refractivity contribution in [3.8, 4) is 0 Å². The molecule has 1 saturated carbocycles. The Hall–Kier alpha value is -1.45. The van der Waals surface area contributed by atoms with Crippen LogP contribution in [0.2, 0.25) is 0 Å². The molecule has 0 bridgehead atoms. The van der Waals surface area contributed by atoms with Gasteiger partial charge in [-0.3, -0.25) is 0 Å². The largest absolute Gasteiger partial charge is 0.462 e. The van der Waals surface area contributed by atoms with Crippen molar-refractivity contribution in [3.63, 3.8) is 0 Å². The van der Waals surface area contributed by atoms with Gasteiger partial charge in [0.1, 0.15) is 5.82 Å². The topological polar surface area (TPSA) is 52.1 Å². The molecule has 1 fully saturated rings. The first-order valence-electron chi connectivity index (χ1n) is 7.29. The van der Waals surface area contributed by atoms with Gasteiger partial charge in [0, 0.05) is 12.1 Å². The lowest BCUT2D eigenvalue weighted by Crippen LogP contribution is -2.15. The molecule has 0 amide bonds. The molecule has 0 aliphatic heterocycles. The van der Waals surface area contributed by atoms with Crippen molar-refractivity contribution < 1.29 is 9.53 Å². The molecule has 0 unspecified atom stereocenters. The van der Waals surface area contributed by atoms with E-state index in [1.165, 1.54) is 32.1 Å². The fourth-order valence-electron chi connectivity index (χ4n) is 2.64. The van der Waals surface area contributed by atoms with E-state index < -0.39 is 0 Å². The standard InChI is InChI=1S/C15H22N2O2/c1-3-13-12(15(18)19-4-2)10-16-14(17-13)11-8-6-5-7-9-11/h10-11H,3-9H2,1-2H3. The minimum absolute atomic E-state index is 0.311. The summed E-state index contributed by atoms with van der Waals surface area (Å²) >= 11 is 0. The van der Waals surface area contributed by atoms with E-state index >= 15 is 0 Å². The van der Waals surface area contributed by atoms with Crippen molar-refractivity contribution in [2.24, 2.45) is 0 Å². The summed E-state index contributed by atoms with van der Waals surface area (Å²) in [6.45, 7) is 4.20. The summed E-state index contributed by atoms with van der Waals surface area (Å²) in [5, 5.41) is 0. The average molecular weight is 262 g/mol. The second-order valence-corrected chi connectivity index (χ2v) is 5.00. The number of aromatic nitrogens is 2. The van der Waals surface area contributed by atoms with E-state index in [0.717, 1.165) is 17.9 Å². The zero-order chi connectivity index (χ0) is 13.7. The molecule has 104 valence electrons. The van der Waals surface area contributed by atoms with Crippen molar-refractivity contribution >= 4 is 5.97 Å². The zero-order valence-corrected chi connectivity index (χ0v) is 11.8. The van der Waals surface area contributed by atoms with E-state index in [9.17, 15) is 4.79 Å². The molecule has 0 saturated heterocycles. The van der Waals surface area contributed by atoms with Gasteiger partial charge >= 0.3 is 5.97 Å². The minimum Gasteiger partial charge on any atom is -0.462 e. The molecule has 0 aromatic carbocycles. The molecule has 19 heavy (non-hydrogen) atoms. The van der Waals surface area contributed by atoms with Crippen LogP contribution in [0.5, 0.6) is 0 Å². The molecule has 1 aliphatic carbocycles. The smallest absolute Gasteiger partial charge is 0.341 e. The van der Waals surface area contributed by atoms with E-state index in [4.69, 9.17) is 4.74 Å². The van der Waals surface area contributed by atoms with Crippen molar-refractivity contribution in [3.05, 3.63) is 23.3 Å². The van der Waals surface area contributed by atoms with Gasteiger partial charge in [0.25, 0.3) is 0 Å². The Labute approximate surface area is 114 Å². The maximum atomic E-state index is 11.8. The van der Waals surface area contributed by atoms with Crippen molar-refractivity contribution in [2.45, 2.75) is 58.3 Å². The van der Waals surface area contributed by atoms with E-state index in [-0.39, 0.29) is 5.97 Å². The van der Waals surface area contributed by atoms with Crippen LogP contribution in [0.25, 0.3) is 0 Å². The van der Waals surface area contributed by atoms with Crippen LogP contribution in [0.4, 0.5) is 0 Å². The molecular formula is C15H22N2O2. The molecule has 4 nitrogen and oxygen atoms in total. The first kappa shape index (κ1) is 14.0. The number of aryl methyl sites for hydroxylation is 1. The van der Waals surface area contributed by atoms with Gasteiger partial charge in [-0.2, -0.15) is 0 Å². The van der Waals surface area contributed by atoms with E-state index in [0.29, 0.717) is 18.1 Å². The Morgan fingerprint density at radius 1 is 1.32 bits per heavy atom. The van der Waals surface area contributed by atoms with Gasteiger partial charge < -0.3 is 4.74 Å². The van der Waals surface area contributed by atoms with Gasteiger partial charge in [-0.15, -0.1) is 0 Å². The number of esters is 1. The number of nitrogens with zero attached hydrogens (tertiary/aromatic N) is 2. The SMILES string of the molecule is CCOC(=O)c1cnc(C2CCCCC2)nc1CC. The van der Waals surface area contributed by atoms with Crippen LogP contribution in [0.3, 0.4) is 0 Å². The van der Waals surface area contributed by atoms with Gasteiger partial charge in [-0.1, -0.05) is 26.2 Å². The Balaban J connectivity index is 2.22. The monoisotopic (exact) mass is 262 g/mol. The van der Waals surface area contributed by atoms with Crippen LogP contribution in [0, 0.1) is 0 Å². The van der Waals surface area contributed by atoms with Gasteiger partial charge in [-0.05, 0) is 26.2 Å². The van der Waals surface area contributed by atoms with Crippen LogP contribution in [-0.4, -0.2) is 22.5 Å². The molecule has 0 spiro atoms. The quantitative estimate of drug-likeness (QED) is 0.781. The van der Waals surface area contributed by atoms with Gasteiger partial charge in [0.15, 0.2) is 0 Å². The normalized spacial score (nSPS) is 16.3. The van der Waals surface area contributed by atoms with Crippen LogP contribution in [0.1, 0.15) is 73.7 Å². The van der Waals surface area contributed by atoms with Crippen molar-refractivity contribution in [1.29, 1.82) is 0 Å². The van der Waals surface area contributed by atoms with Gasteiger partial charge in [-0.25, -0.2) is 14.8 Å². The number of carbonyl (C=O) groups excluding carboxylic acids is 1. The summed E-state index contributed by atoms with van der Waals surface area (Å²) < 4.78 is 5.04. The Morgan fingerprint density at radius 3 is 2.68 bits per heavy atom. The molecule has 4 heteroatoms. The summed E-state index contributed by atoms with van der Waals surface area (Å²) in [7, 11) is 0. The van der Waals surface area contributed by atoms with Gasteiger partial charge in [0.05, 0.1) is 17.9 Å². The van der Waals surface area contributed by atoms with Crippen molar-refractivity contribution in [2.75, 3.05) is 6.61 Å². The number of carbonyl (C=O) groups is 1. The van der Waals surface area contributed by atoms with E-state index in [2.05, 4.69) is 9.97 Å². The summed E-state index contributed by atoms with van der Waals surface area (Å²) in [6, 6.07) is 0. The lowest BCUT2D eigenvalue weighted by molar-refractivity contribution is 0.0524. The first-order chi connectivity index (χ1) is 9.26. The predicted octanol–water partition coefficient (Wildman–Crippen LogP) is 3.26. The van der Waals surface area contributed by atoms with Crippen LogP contribution in [0.15, 0.2) is 6.20 Å². The number of ether oxygens (including phenoxy) is 1. The number of hydrogen-bond acceptors (Lipinski definition) is 4. The lowest BCUT2D eigenvalue weighted by atomic mass is 9.88. The molecule has 1 heterocycles. The van der Waals surface area contributed by atoms with E-state index in [1.54, 1.807) is 13.1 Å². The minimum atomic E-state index is -0.311. The molecule has 0 radical (unpaired) electrons. The Kier molecular flexibility index (Phi) is 4.88. The highest BCUT2D eigenvalue weighted by molar-refractivity contribution is 5.90. The summed E-state index contributed by atoms with van der Waals surface area (Å²) in [4.78, 5) is 20.8. The van der Waals surface area contributed by atoms with Crippen LogP contribution >= 0.6 is 0 Å². The van der Waals surface area contributed by atoms with Gasteiger partial charge in [0.2, 0.25) is 0 Å². The Morgan fingerprint density at radius 2 is 2.05 bits per heavy atom. The zero-order valence-electron chi connectivity index (χ0n) is 11.8. The first-order valence-corrected chi connectivity index (χ1v) is 7.29.